The molecular weight excluding hydrogens is 1340 g/mol. The maximum atomic E-state index is 14.5. The second kappa shape index (κ2) is 39.3. The Balaban J connectivity index is 0.617. The molecule has 0 bridgehead atoms. The molecule has 10 heteroatoms. The number of ether oxygens (including phenoxy) is 6. The van der Waals surface area contributed by atoms with Crippen molar-refractivity contribution in [3.63, 3.8) is 0 Å². The molecule has 0 saturated heterocycles. The zero-order valence-electron chi connectivity index (χ0n) is 67.3. The van der Waals surface area contributed by atoms with Crippen molar-refractivity contribution in [3.05, 3.63) is 156 Å². The van der Waals surface area contributed by atoms with Gasteiger partial charge in [0.15, 0.2) is 0 Å². The molecule has 0 radical (unpaired) electrons. The molecule has 8 aliphatic carbocycles. The van der Waals surface area contributed by atoms with E-state index in [4.69, 9.17) is 28.4 Å². The van der Waals surface area contributed by atoms with Gasteiger partial charge in [0.05, 0.1) is 24.3 Å². The number of carbonyl (C=O) groups excluding carboxylic acids is 4. The lowest BCUT2D eigenvalue weighted by atomic mass is 9.65. The fraction of sp³-hybridized carbons (Fsp3) is 0.673. The van der Waals surface area contributed by atoms with Crippen LogP contribution in [0.4, 0.5) is 0 Å². The first-order valence-electron chi connectivity index (χ1n) is 44.5. The first kappa shape index (κ1) is 81.3. The molecule has 0 atom stereocenters. The Morgan fingerprint density at radius 1 is 0.306 bits per heavy atom. The Morgan fingerprint density at radius 3 is 0.750 bits per heavy atom. The van der Waals surface area contributed by atoms with Gasteiger partial charge < -0.3 is 28.4 Å². The maximum Gasteiger partial charge on any atom is 0.339 e. The second-order valence-corrected chi connectivity index (χ2v) is 35.9. The molecule has 590 valence electrons. The molecule has 0 aliphatic heterocycles. The number of hydrogen-bond donors (Lipinski definition) is 0. The molecule has 0 spiro atoms. The van der Waals surface area contributed by atoms with Crippen molar-refractivity contribution in [2.24, 2.45) is 71.0 Å². The van der Waals surface area contributed by atoms with Crippen molar-refractivity contribution in [1.82, 2.24) is 0 Å². The van der Waals surface area contributed by atoms with Crippen LogP contribution in [-0.2, 0) is 50.9 Å². The highest BCUT2D eigenvalue weighted by atomic mass is 16.6. The number of unbranched alkanes of at least 4 members (excludes halogenated alkanes) is 3. The van der Waals surface area contributed by atoms with Crippen molar-refractivity contribution in [2.45, 2.75) is 333 Å². The Kier molecular flexibility index (Phi) is 29.6. The van der Waals surface area contributed by atoms with E-state index in [1.165, 1.54) is 166 Å². The zero-order valence-corrected chi connectivity index (χ0v) is 67.3. The van der Waals surface area contributed by atoms with Gasteiger partial charge >= 0.3 is 23.9 Å². The van der Waals surface area contributed by atoms with Gasteiger partial charge in [-0.3, -0.25) is 0 Å². The fourth-order valence-corrected chi connectivity index (χ4v) is 22.9. The SMILES string of the molecule is C=CC(=O)OC1(c2ccc(C3(OC(=O)c4ccc(OCCCCCCOc5ccc(C(=O)OC6(c7ccc(C8(OC(=O)C=C)CCC(C9CCC(CCC)CC9)CC8)cc7)CCC(C7CCC(CCC)CC7)CC6)cc5)cc4)CCC(C4CCC(CCC)CC4)CC3)cc2)CCC(C2CCC(CCC)CC2)CC1. The topological polar surface area (TPSA) is 124 Å². The van der Waals surface area contributed by atoms with Crippen LogP contribution in [0.3, 0.4) is 0 Å². The summed E-state index contributed by atoms with van der Waals surface area (Å²) in [7, 11) is 0. The van der Waals surface area contributed by atoms with E-state index in [0.29, 0.717) is 48.0 Å². The normalized spacial score (nSPS) is 31.8. The number of carbonyl (C=O) groups is 4. The number of rotatable bonds is 33. The third-order valence-corrected chi connectivity index (χ3v) is 29.5. The molecule has 0 unspecified atom stereocenters. The van der Waals surface area contributed by atoms with Gasteiger partial charge in [-0.25, -0.2) is 19.2 Å². The van der Waals surface area contributed by atoms with Crippen LogP contribution in [0.5, 0.6) is 11.5 Å². The van der Waals surface area contributed by atoms with E-state index >= 15 is 0 Å². The van der Waals surface area contributed by atoms with Gasteiger partial charge in [0, 0.05) is 12.2 Å². The van der Waals surface area contributed by atoms with E-state index in [2.05, 4.69) is 89.4 Å². The molecule has 0 N–H and O–H groups in total. The predicted molar refractivity (Wildman–Crippen MR) is 435 cm³/mol. The van der Waals surface area contributed by atoms with Gasteiger partial charge in [-0.1, -0.05) is 192 Å². The van der Waals surface area contributed by atoms with Crippen LogP contribution < -0.4 is 9.47 Å². The molecule has 0 amide bonds. The van der Waals surface area contributed by atoms with Gasteiger partial charge in [0.2, 0.25) is 0 Å². The Morgan fingerprint density at radius 2 is 0.528 bits per heavy atom. The van der Waals surface area contributed by atoms with E-state index in [1.807, 2.05) is 48.5 Å². The summed E-state index contributed by atoms with van der Waals surface area (Å²) < 4.78 is 39.0. The quantitative estimate of drug-likeness (QED) is 0.0197. The summed E-state index contributed by atoms with van der Waals surface area (Å²) in [6, 6.07) is 32.4. The summed E-state index contributed by atoms with van der Waals surface area (Å²) in [5.41, 5.74) is 2.23. The molecule has 8 aliphatic rings. The molecule has 8 fully saturated rings. The summed E-state index contributed by atoms with van der Waals surface area (Å²) >= 11 is 0. The fourth-order valence-electron chi connectivity index (χ4n) is 22.9. The third-order valence-electron chi connectivity index (χ3n) is 29.5. The number of esters is 4. The monoisotopic (exact) mass is 1480 g/mol. The van der Waals surface area contributed by atoms with E-state index < -0.39 is 22.4 Å². The van der Waals surface area contributed by atoms with Crippen LogP contribution in [0.1, 0.15) is 353 Å². The van der Waals surface area contributed by atoms with Crippen molar-refractivity contribution in [1.29, 1.82) is 0 Å². The van der Waals surface area contributed by atoms with E-state index in [1.54, 1.807) is 0 Å². The van der Waals surface area contributed by atoms with E-state index in [0.717, 1.165) is 210 Å². The largest absolute Gasteiger partial charge is 0.494 e. The Bertz CT molecular complexity index is 3180. The van der Waals surface area contributed by atoms with Gasteiger partial charge in [-0.2, -0.15) is 0 Å². The van der Waals surface area contributed by atoms with Crippen molar-refractivity contribution in [2.75, 3.05) is 13.2 Å². The summed E-state index contributed by atoms with van der Waals surface area (Å²) in [4.78, 5) is 55.2. The molecular formula is C98H138O10. The van der Waals surface area contributed by atoms with Crippen molar-refractivity contribution in [3.8, 4) is 11.5 Å². The lowest BCUT2D eigenvalue weighted by molar-refractivity contribution is -0.161. The average molecular weight is 1480 g/mol. The smallest absolute Gasteiger partial charge is 0.339 e. The molecule has 8 saturated carbocycles. The summed E-state index contributed by atoms with van der Waals surface area (Å²) in [5.74, 6) is 9.25. The predicted octanol–water partition coefficient (Wildman–Crippen LogP) is 25.8. The first-order chi connectivity index (χ1) is 52.7. The molecule has 10 nitrogen and oxygen atoms in total. The van der Waals surface area contributed by atoms with Crippen LogP contribution in [0.15, 0.2) is 122 Å². The van der Waals surface area contributed by atoms with E-state index in [-0.39, 0.29) is 23.9 Å². The standard InChI is InChI=1S/C98H138O10/c1-7-17-71-21-29-75(30-22-71)79-53-61-95(62-54-79,105-91(99)11-5)85-41-45-87(46-42-85)97(65-57-81(58-66-97)77-33-25-73(19-9-3)26-34-77)107-93(101)83-37-49-89(50-38-83)103-69-15-13-14-16-70-104-90-51-39-84(40-52-90)94(102)108-98(67-59-82(60-68-98)78-35-27-74(20-10-4)28-36-78)88-47-43-86(44-48-88)96(106-92(100)12-6)63-55-80(56-64-96)76-31-23-72(18-8-2)24-32-76/h11-12,37-52,71-82H,5-10,13-36,53-70H2,1-4H3. The summed E-state index contributed by atoms with van der Waals surface area (Å²) in [6.07, 6.45) is 53.0. The third kappa shape index (κ3) is 20.7. The van der Waals surface area contributed by atoms with Gasteiger partial charge in [-0.05, 0) is 322 Å². The van der Waals surface area contributed by atoms with Crippen LogP contribution in [0.2, 0.25) is 0 Å². The summed E-state index contributed by atoms with van der Waals surface area (Å²) in [6.45, 7) is 18.0. The van der Waals surface area contributed by atoms with Gasteiger partial charge in [0.1, 0.15) is 33.9 Å². The van der Waals surface area contributed by atoms with Crippen LogP contribution >= 0.6 is 0 Å². The Hall–Kier alpha value is -6.16. The number of hydrogen-bond acceptors (Lipinski definition) is 10. The van der Waals surface area contributed by atoms with Gasteiger partial charge in [-0.15, -0.1) is 0 Å². The minimum Gasteiger partial charge on any atom is -0.494 e. The molecule has 0 aromatic heterocycles. The molecule has 4 aromatic carbocycles. The highest BCUT2D eigenvalue weighted by Crippen LogP contribution is 2.55. The minimum atomic E-state index is -0.761. The highest BCUT2D eigenvalue weighted by molar-refractivity contribution is 5.90. The minimum absolute atomic E-state index is 0.311. The lowest BCUT2D eigenvalue weighted by Crippen LogP contribution is -2.40. The highest BCUT2D eigenvalue weighted by Gasteiger charge is 2.49. The second-order valence-electron chi connectivity index (χ2n) is 35.9. The Labute approximate surface area is 652 Å². The average Bonchev–Trinajstić information content (AvgIpc) is 0.768. The summed E-state index contributed by atoms with van der Waals surface area (Å²) in [5, 5.41) is 0. The van der Waals surface area contributed by atoms with Gasteiger partial charge in [0.25, 0.3) is 0 Å². The van der Waals surface area contributed by atoms with E-state index in [9.17, 15) is 19.2 Å². The zero-order chi connectivity index (χ0) is 75.4. The molecule has 12 rings (SSSR count). The molecule has 4 aromatic rings. The van der Waals surface area contributed by atoms with Crippen molar-refractivity contribution < 1.29 is 47.6 Å². The molecule has 0 heterocycles. The lowest BCUT2D eigenvalue weighted by Gasteiger charge is -2.44. The van der Waals surface area contributed by atoms with Crippen LogP contribution in [0, 0.1) is 71.0 Å². The van der Waals surface area contributed by atoms with Crippen molar-refractivity contribution >= 4 is 23.9 Å². The van der Waals surface area contributed by atoms with Crippen LogP contribution in [-0.4, -0.2) is 37.1 Å². The van der Waals surface area contributed by atoms with Crippen LogP contribution in [0.25, 0.3) is 0 Å². The number of benzene rings is 4. The maximum absolute atomic E-state index is 14.5. The molecule has 108 heavy (non-hydrogen) atoms. The first-order valence-corrected chi connectivity index (χ1v) is 44.5.